The second kappa shape index (κ2) is 9.38. The number of hydrogen-bond acceptors (Lipinski definition) is 5. The van der Waals surface area contributed by atoms with Crippen molar-refractivity contribution in [3.05, 3.63) is 0 Å². The number of hydrogen-bond donors (Lipinski definition) is 5. The molecule has 0 radical (unpaired) electrons. The molecular formula is C11H21N3O6P+. The number of rotatable bonds is 9. The van der Waals surface area contributed by atoms with Gasteiger partial charge >= 0.3 is 14.0 Å². The molecule has 0 bridgehead atoms. The van der Waals surface area contributed by atoms with E-state index in [1.165, 1.54) is 6.92 Å². The summed E-state index contributed by atoms with van der Waals surface area (Å²) >= 11 is 0. The molecule has 0 aromatic heterocycles. The monoisotopic (exact) mass is 322 g/mol. The van der Waals surface area contributed by atoms with Crippen LogP contribution in [0.2, 0.25) is 0 Å². The Labute approximate surface area is 123 Å². The van der Waals surface area contributed by atoms with Gasteiger partial charge in [0.15, 0.2) is 0 Å². The molecule has 0 aromatic rings. The van der Waals surface area contributed by atoms with Crippen LogP contribution in [0.3, 0.4) is 0 Å². The van der Waals surface area contributed by atoms with E-state index in [0.29, 0.717) is 12.8 Å². The van der Waals surface area contributed by atoms with Gasteiger partial charge in [-0.15, -0.1) is 0 Å². The molecule has 2 unspecified atom stereocenters. The quantitative estimate of drug-likeness (QED) is 0.350. The van der Waals surface area contributed by atoms with Gasteiger partial charge in [-0.2, -0.15) is 4.89 Å². The Hall–Kier alpha value is -1.57. The van der Waals surface area contributed by atoms with E-state index in [1.807, 2.05) is 0 Å². The average molecular weight is 322 g/mol. The van der Waals surface area contributed by atoms with Gasteiger partial charge in [-0.3, -0.25) is 14.4 Å². The Balaban J connectivity index is 4.82. The van der Waals surface area contributed by atoms with Crippen LogP contribution in [0.1, 0.15) is 33.1 Å². The van der Waals surface area contributed by atoms with Crippen LogP contribution in [0.4, 0.5) is 0 Å². The van der Waals surface area contributed by atoms with E-state index >= 15 is 0 Å². The minimum Gasteiger partial charge on any atom is -0.481 e. The highest BCUT2D eigenvalue weighted by molar-refractivity contribution is 7.38. The zero-order valence-electron chi connectivity index (χ0n) is 11.9. The van der Waals surface area contributed by atoms with Gasteiger partial charge in [-0.25, -0.2) is 0 Å². The Morgan fingerprint density at radius 1 is 1.24 bits per heavy atom. The van der Waals surface area contributed by atoms with Crippen LogP contribution in [0.25, 0.3) is 0 Å². The van der Waals surface area contributed by atoms with Crippen LogP contribution in [0.5, 0.6) is 0 Å². The fourth-order valence-corrected chi connectivity index (χ4v) is 2.03. The van der Waals surface area contributed by atoms with E-state index in [-0.39, 0.29) is 0 Å². The van der Waals surface area contributed by atoms with Crippen LogP contribution in [0.15, 0.2) is 0 Å². The van der Waals surface area contributed by atoms with E-state index < -0.39 is 50.1 Å². The molecule has 0 heterocycles. The van der Waals surface area contributed by atoms with Crippen LogP contribution < -0.4 is 16.4 Å². The molecule has 0 aliphatic carbocycles. The van der Waals surface area contributed by atoms with Crippen molar-refractivity contribution in [1.29, 1.82) is 0 Å². The normalized spacial score (nSPS) is 15.5. The summed E-state index contributed by atoms with van der Waals surface area (Å²) in [4.78, 5) is 43.1. The maximum absolute atomic E-state index is 12.0. The first-order valence-corrected chi connectivity index (χ1v) is 7.70. The van der Waals surface area contributed by atoms with Crippen molar-refractivity contribution in [3.8, 4) is 0 Å². The molecule has 2 amide bonds. The fourth-order valence-electron chi connectivity index (χ4n) is 1.48. The highest BCUT2D eigenvalue weighted by atomic mass is 31.1. The zero-order chi connectivity index (χ0) is 16.6. The molecule has 120 valence electrons. The van der Waals surface area contributed by atoms with Crippen LogP contribution in [0, 0.1) is 0 Å². The molecule has 10 heteroatoms. The SMILES string of the molecule is CCC[C@H](NC(=O)[C@H](C)N)C(=O)NC(CC(=O)O)[P+](=O)O. The lowest BCUT2D eigenvalue weighted by molar-refractivity contribution is -0.137. The molecule has 0 aromatic carbocycles. The molecule has 0 spiro atoms. The molecule has 21 heavy (non-hydrogen) atoms. The number of carboxylic acid groups (broad SMARTS) is 1. The highest BCUT2D eigenvalue weighted by Gasteiger charge is 2.35. The van der Waals surface area contributed by atoms with Crippen LogP contribution in [-0.2, 0) is 18.9 Å². The van der Waals surface area contributed by atoms with E-state index in [2.05, 4.69) is 10.6 Å². The summed E-state index contributed by atoms with van der Waals surface area (Å²) in [7, 11) is -2.90. The Morgan fingerprint density at radius 2 is 1.81 bits per heavy atom. The summed E-state index contributed by atoms with van der Waals surface area (Å²) in [5.41, 5.74) is 5.39. The largest absolute Gasteiger partial charge is 0.531 e. The van der Waals surface area contributed by atoms with Gasteiger partial charge in [0.25, 0.3) is 5.78 Å². The molecule has 0 aliphatic rings. The molecule has 4 atom stereocenters. The minimum atomic E-state index is -2.90. The van der Waals surface area contributed by atoms with Crippen LogP contribution >= 0.6 is 8.03 Å². The topological polar surface area (TPSA) is 159 Å². The van der Waals surface area contributed by atoms with Gasteiger partial charge < -0.3 is 21.5 Å². The molecule has 0 saturated heterocycles. The first-order chi connectivity index (χ1) is 9.68. The van der Waals surface area contributed by atoms with Gasteiger partial charge in [-0.05, 0) is 17.9 Å². The third kappa shape index (κ3) is 7.69. The van der Waals surface area contributed by atoms with Crippen molar-refractivity contribution in [1.82, 2.24) is 10.6 Å². The standard InChI is InChI=1S/C11H20N3O6P/c1-3-4-7(13-10(17)6(2)12)11(18)14-8(21(19)20)5-9(15)16/h6-8H,3-5,12H2,1-2H3,(H3-,13,14,15,16,17,18,19,20)/p+1/t6-,7-,8?/m0/s1. The van der Waals surface area contributed by atoms with Crippen molar-refractivity contribution in [2.45, 2.75) is 51.0 Å². The van der Waals surface area contributed by atoms with Crippen molar-refractivity contribution in [2.75, 3.05) is 0 Å². The smallest absolute Gasteiger partial charge is 0.481 e. The molecule has 0 fully saturated rings. The van der Waals surface area contributed by atoms with E-state index in [1.54, 1.807) is 6.92 Å². The second-order valence-corrected chi connectivity index (χ2v) is 5.79. The summed E-state index contributed by atoms with van der Waals surface area (Å²) in [5, 5.41) is 13.2. The van der Waals surface area contributed by atoms with E-state index in [9.17, 15) is 18.9 Å². The molecule has 6 N–H and O–H groups in total. The van der Waals surface area contributed by atoms with Gasteiger partial charge in [0.1, 0.15) is 12.5 Å². The second-order valence-electron chi connectivity index (χ2n) is 4.56. The van der Waals surface area contributed by atoms with Gasteiger partial charge in [0.2, 0.25) is 11.8 Å². The summed E-state index contributed by atoms with van der Waals surface area (Å²) in [5.74, 6) is -3.97. The van der Waals surface area contributed by atoms with Gasteiger partial charge in [-0.1, -0.05) is 13.3 Å². The maximum Gasteiger partial charge on any atom is 0.531 e. The predicted molar refractivity (Wildman–Crippen MR) is 74.5 cm³/mol. The number of aliphatic carboxylic acids is 1. The lowest BCUT2D eigenvalue weighted by atomic mass is 10.1. The summed E-state index contributed by atoms with van der Waals surface area (Å²) < 4.78 is 11.0. The first-order valence-electron chi connectivity index (χ1n) is 6.42. The average Bonchev–Trinajstić information content (AvgIpc) is 2.36. The van der Waals surface area contributed by atoms with E-state index in [0.717, 1.165) is 0 Å². The summed E-state index contributed by atoms with van der Waals surface area (Å²) in [6.07, 6.45) is 0.190. The van der Waals surface area contributed by atoms with Crippen molar-refractivity contribution in [3.63, 3.8) is 0 Å². The maximum atomic E-state index is 12.0. The lowest BCUT2D eigenvalue weighted by Crippen LogP contribution is -2.52. The predicted octanol–water partition coefficient (Wildman–Crippen LogP) is -0.730. The van der Waals surface area contributed by atoms with Gasteiger partial charge in [0, 0.05) is 0 Å². The molecule has 0 rings (SSSR count). The number of carbonyl (C=O) groups is 3. The third-order valence-corrected chi connectivity index (χ3v) is 3.41. The van der Waals surface area contributed by atoms with E-state index in [4.69, 9.17) is 15.7 Å². The number of nitrogens with two attached hydrogens (primary N) is 1. The zero-order valence-corrected chi connectivity index (χ0v) is 12.8. The Morgan fingerprint density at radius 3 is 2.19 bits per heavy atom. The number of nitrogens with one attached hydrogen (secondary N) is 2. The first kappa shape index (κ1) is 19.4. The molecule has 0 saturated carbocycles. The molecule has 0 aliphatic heterocycles. The number of carbonyl (C=O) groups excluding carboxylic acids is 2. The Bertz CT molecular complexity index is 415. The fraction of sp³-hybridized carbons (Fsp3) is 0.727. The highest BCUT2D eigenvalue weighted by Crippen LogP contribution is 2.23. The Kier molecular flexibility index (Phi) is 8.68. The van der Waals surface area contributed by atoms with Crippen molar-refractivity contribution in [2.24, 2.45) is 5.73 Å². The number of amides is 2. The molecule has 9 nitrogen and oxygen atoms in total. The van der Waals surface area contributed by atoms with Gasteiger partial charge in [0.05, 0.1) is 6.04 Å². The minimum absolute atomic E-state index is 0.298. The lowest BCUT2D eigenvalue weighted by Gasteiger charge is -2.19. The molecular weight excluding hydrogens is 301 g/mol. The third-order valence-electron chi connectivity index (χ3n) is 2.57. The number of carboxylic acids is 1. The van der Waals surface area contributed by atoms with Crippen molar-refractivity contribution >= 4 is 25.8 Å². The van der Waals surface area contributed by atoms with Crippen LogP contribution in [-0.4, -0.2) is 45.7 Å². The van der Waals surface area contributed by atoms with Crippen molar-refractivity contribution < 1.29 is 28.9 Å². The summed E-state index contributed by atoms with van der Waals surface area (Å²) in [6, 6.07) is -1.74. The summed E-state index contributed by atoms with van der Waals surface area (Å²) in [6.45, 7) is 3.24.